The van der Waals surface area contributed by atoms with Crippen LogP contribution in [0.25, 0.3) is 0 Å². The van der Waals surface area contributed by atoms with Crippen molar-refractivity contribution in [3.63, 3.8) is 0 Å². The van der Waals surface area contributed by atoms with Gasteiger partial charge in [0.05, 0.1) is 12.1 Å². The number of rotatable bonds is 6. The molecule has 1 aliphatic rings. The third-order valence-corrected chi connectivity index (χ3v) is 4.93. The van der Waals surface area contributed by atoms with Crippen LogP contribution in [0.1, 0.15) is 18.4 Å². The molecule has 0 bridgehead atoms. The predicted octanol–water partition coefficient (Wildman–Crippen LogP) is 3.53. The van der Waals surface area contributed by atoms with E-state index >= 15 is 0 Å². The molecule has 1 heterocycles. The number of para-hydroxylation sites is 2. The molecule has 0 aliphatic carbocycles. The predicted molar refractivity (Wildman–Crippen MR) is 110 cm³/mol. The van der Waals surface area contributed by atoms with Gasteiger partial charge in [-0.2, -0.15) is 0 Å². The van der Waals surface area contributed by atoms with Crippen molar-refractivity contribution in [1.82, 2.24) is 9.80 Å². The monoisotopic (exact) mass is 367 g/mol. The van der Waals surface area contributed by atoms with E-state index in [0.717, 1.165) is 48.6 Å². The summed E-state index contributed by atoms with van der Waals surface area (Å²) in [7, 11) is 5.71. The summed E-state index contributed by atoms with van der Waals surface area (Å²) in [5, 5.41) is 3.44. The highest BCUT2D eigenvalue weighted by atomic mass is 16.5. The maximum absolute atomic E-state index is 11.8. The molecule has 0 saturated carbocycles. The molecule has 1 N–H and O–H groups in total. The number of carbonyl (C=O) groups excluding carboxylic acids is 1. The van der Waals surface area contributed by atoms with E-state index in [9.17, 15) is 4.79 Å². The number of carbonyl (C=O) groups is 1. The standard InChI is InChI=1S/C22H29N3O2/c1-24(2)22(26)16-17-8-10-18(11-9-17)23-20-6-4-5-7-21(20)27-19-12-14-25(3)15-13-19/h4-11,19,23H,12-16H2,1-3H3. The Balaban J connectivity index is 1.64. The van der Waals surface area contributed by atoms with Gasteiger partial charge in [0, 0.05) is 32.9 Å². The van der Waals surface area contributed by atoms with E-state index in [4.69, 9.17) is 4.74 Å². The minimum Gasteiger partial charge on any atom is -0.488 e. The molecule has 5 nitrogen and oxygen atoms in total. The third kappa shape index (κ3) is 5.47. The zero-order chi connectivity index (χ0) is 19.2. The van der Waals surface area contributed by atoms with Gasteiger partial charge in [0.1, 0.15) is 11.9 Å². The lowest BCUT2D eigenvalue weighted by atomic mass is 10.1. The van der Waals surface area contributed by atoms with E-state index in [-0.39, 0.29) is 12.0 Å². The maximum atomic E-state index is 11.8. The summed E-state index contributed by atoms with van der Waals surface area (Å²) in [5.74, 6) is 0.992. The summed E-state index contributed by atoms with van der Waals surface area (Å²) < 4.78 is 6.27. The molecule has 1 saturated heterocycles. The number of ether oxygens (including phenoxy) is 1. The second-order valence-corrected chi connectivity index (χ2v) is 7.40. The quantitative estimate of drug-likeness (QED) is 0.848. The molecule has 0 radical (unpaired) electrons. The van der Waals surface area contributed by atoms with Crippen LogP contribution in [0.15, 0.2) is 48.5 Å². The van der Waals surface area contributed by atoms with E-state index in [1.54, 1.807) is 19.0 Å². The molecule has 27 heavy (non-hydrogen) atoms. The van der Waals surface area contributed by atoms with Crippen LogP contribution >= 0.6 is 0 Å². The minimum absolute atomic E-state index is 0.104. The first-order valence-electron chi connectivity index (χ1n) is 9.51. The van der Waals surface area contributed by atoms with Gasteiger partial charge >= 0.3 is 0 Å². The smallest absolute Gasteiger partial charge is 0.226 e. The fourth-order valence-corrected chi connectivity index (χ4v) is 3.15. The van der Waals surface area contributed by atoms with Crippen LogP contribution in [0.3, 0.4) is 0 Å². The van der Waals surface area contributed by atoms with E-state index in [1.807, 2.05) is 48.5 Å². The van der Waals surface area contributed by atoms with Gasteiger partial charge in [-0.05, 0) is 49.7 Å². The highest BCUT2D eigenvalue weighted by Crippen LogP contribution is 2.30. The second-order valence-electron chi connectivity index (χ2n) is 7.40. The minimum atomic E-state index is 0.104. The molecule has 0 unspecified atom stereocenters. The second kappa shape index (κ2) is 8.91. The van der Waals surface area contributed by atoms with Gasteiger partial charge in [0.15, 0.2) is 0 Å². The van der Waals surface area contributed by atoms with Gasteiger partial charge in [0.2, 0.25) is 5.91 Å². The number of hydrogen-bond donors (Lipinski definition) is 1. The van der Waals surface area contributed by atoms with Crippen LogP contribution in [0.4, 0.5) is 11.4 Å². The molecule has 1 aliphatic heterocycles. The van der Waals surface area contributed by atoms with Crippen molar-refractivity contribution in [3.8, 4) is 5.75 Å². The molecule has 1 fully saturated rings. The molecule has 0 spiro atoms. The van der Waals surface area contributed by atoms with Crippen LogP contribution in [0.5, 0.6) is 5.75 Å². The lowest BCUT2D eigenvalue weighted by Crippen LogP contribution is -2.35. The average molecular weight is 367 g/mol. The Morgan fingerprint density at radius 1 is 1.11 bits per heavy atom. The van der Waals surface area contributed by atoms with Gasteiger partial charge in [-0.3, -0.25) is 4.79 Å². The summed E-state index contributed by atoms with van der Waals surface area (Å²) in [4.78, 5) is 15.8. The van der Waals surface area contributed by atoms with Gasteiger partial charge in [-0.1, -0.05) is 24.3 Å². The number of anilines is 2. The van der Waals surface area contributed by atoms with Gasteiger partial charge in [-0.15, -0.1) is 0 Å². The topological polar surface area (TPSA) is 44.8 Å². The molecular weight excluding hydrogens is 338 g/mol. The molecular formula is C22H29N3O2. The number of nitrogens with one attached hydrogen (secondary N) is 1. The number of benzene rings is 2. The summed E-state index contributed by atoms with van der Waals surface area (Å²) in [6.45, 7) is 2.15. The zero-order valence-corrected chi connectivity index (χ0v) is 16.4. The molecule has 0 aromatic heterocycles. The molecule has 2 aromatic carbocycles. The van der Waals surface area contributed by atoms with E-state index in [2.05, 4.69) is 17.3 Å². The number of amides is 1. The van der Waals surface area contributed by atoms with Crippen LogP contribution in [0.2, 0.25) is 0 Å². The van der Waals surface area contributed by atoms with Crippen LogP contribution in [-0.4, -0.2) is 56.0 Å². The Morgan fingerprint density at radius 3 is 2.44 bits per heavy atom. The molecule has 144 valence electrons. The Morgan fingerprint density at radius 2 is 1.78 bits per heavy atom. The van der Waals surface area contributed by atoms with Crippen molar-refractivity contribution < 1.29 is 9.53 Å². The summed E-state index contributed by atoms with van der Waals surface area (Å²) in [5.41, 5.74) is 2.96. The van der Waals surface area contributed by atoms with E-state index in [0.29, 0.717) is 6.42 Å². The highest BCUT2D eigenvalue weighted by molar-refractivity contribution is 5.78. The summed E-state index contributed by atoms with van der Waals surface area (Å²) >= 11 is 0. The van der Waals surface area contributed by atoms with Crippen molar-refractivity contribution in [1.29, 1.82) is 0 Å². The zero-order valence-electron chi connectivity index (χ0n) is 16.4. The fraction of sp³-hybridized carbons (Fsp3) is 0.409. The van der Waals surface area contributed by atoms with Gasteiger partial charge < -0.3 is 19.9 Å². The Labute approximate surface area is 161 Å². The molecule has 1 amide bonds. The Bertz CT molecular complexity index is 750. The number of likely N-dealkylation sites (tertiary alicyclic amines) is 1. The van der Waals surface area contributed by atoms with Crippen LogP contribution in [0, 0.1) is 0 Å². The van der Waals surface area contributed by atoms with Gasteiger partial charge in [-0.25, -0.2) is 0 Å². The Kier molecular flexibility index (Phi) is 6.35. The molecule has 3 rings (SSSR count). The van der Waals surface area contributed by atoms with E-state index in [1.165, 1.54) is 0 Å². The molecule has 5 heteroatoms. The van der Waals surface area contributed by atoms with Crippen LogP contribution < -0.4 is 10.1 Å². The number of likely N-dealkylation sites (N-methyl/N-ethyl adjacent to an activating group) is 1. The highest BCUT2D eigenvalue weighted by Gasteiger charge is 2.19. The SMILES string of the molecule is CN1CCC(Oc2ccccc2Nc2ccc(CC(=O)N(C)C)cc2)CC1. The fourth-order valence-electron chi connectivity index (χ4n) is 3.15. The first-order valence-corrected chi connectivity index (χ1v) is 9.51. The normalized spacial score (nSPS) is 15.4. The third-order valence-electron chi connectivity index (χ3n) is 4.93. The number of hydrogen-bond acceptors (Lipinski definition) is 4. The first kappa shape index (κ1) is 19.2. The molecule has 0 atom stereocenters. The van der Waals surface area contributed by atoms with Gasteiger partial charge in [0.25, 0.3) is 0 Å². The first-order chi connectivity index (χ1) is 13.0. The lowest BCUT2D eigenvalue weighted by Gasteiger charge is -2.30. The number of nitrogens with zero attached hydrogens (tertiary/aromatic N) is 2. The van der Waals surface area contributed by atoms with E-state index < -0.39 is 0 Å². The lowest BCUT2D eigenvalue weighted by molar-refractivity contribution is -0.127. The van der Waals surface area contributed by atoms with Crippen molar-refractivity contribution >= 4 is 17.3 Å². The number of piperidine rings is 1. The van der Waals surface area contributed by atoms with Crippen LogP contribution in [-0.2, 0) is 11.2 Å². The Hall–Kier alpha value is -2.53. The van der Waals surface area contributed by atoms with Crippen molar-refractivity contribution in [2.75, 3.05) is 39.5 Å². The van der Waals surface area contributed by atoms with Crippen molar-refractivity contribution in [3.05, 3.63) is 54.1 Å². The van der Waals surface area contributed by atoms with Crippen molar-refractivity contribution in [2.24, 2.45) is 0 Å². The summed E-state index contributed by atoms with van der Waals surface area (Å²) in [6, 6.07) is 16.1. The maximum Gasteiger partial charge on any atom is 0.226 e. The van der Waals surface area contributed by atoms with Crippen molar-refractivity contribution in [2.45, 2.75) is 25.4 Å². The largest absolute Gasteiger partial charge is 0.488 e. The average Bonchev–Trinajstić information content (AvgIpc) is 2.66. The summed E-state index contributed by atoms with van der Waals surface area (Å²) in [6.07, 6.45) is 2.80. The molecule has 2 aromatic rings.